The first-order chi connectivity index (χ1) is 12.5. The van der Waals surface area contributed by atoms with E-state index in [2.05, 4.69) is 44.0 Å². The van der Waals surface area contributed by atoms with Crippen molar-refractivity contribution in [3.63, 3.8) is 0 Å². The molecule has 3 aliphatic carbocycles. The molecule has 26 heavy (non-hydrogen) atoms. The average Bonchev–Trinajstić information content (AvgIpc) is 3.29. The number of fused-ring (bicyclic) bond motifs is 4. The highest BCUT2D eigenvalue weighted by molar-refractivity contribution is 9.10. The highest BCUT2D eigenvalue weighted by Gasteiger charge is 2.50. The smallest absolute Gasteiger partial charge is 0.236 e. The van der Waals surface area contributed by atoms with Crippen molar-refractivity contribution < 1.29 is 12.9 Å². The number of nitrogens with zero attached hydrogens (tertiary/aromatic N) is 1. The summed E-state index contributed by atoms with van der Waals surface area (Å²) in [5, 5.41) is 3.80. The lowest BCUT2D eigenvalue weighted by Gasteiger charge is -2.25. The van der Waals surface area contributed by atoms with Crippen LogP contribution in [0.2, 0.25) is 0 Å². The van der Waals surface area contributed by atoms with Gasteiger partial charge in [-0.1, -0.05) is 46.4 Å². The molecule has 0 atom stereocenters. The van der Waals surface area contributed by atoms with E-state index in [-0.39, 0.29) is 10.7 Å². The summed E-state index contributed by atoms with van der Waals surface area (Å²) in [6, 6.07) is 6.27. The molecule has 1 spiro atoms. The van der Waals surface area contributed by atoms with Gasteiger partial charge in [-0.05, 0) is 49.8 Å². The lowest BCUT2D eigenvalue weighted by molar-refractivity contribution is 0.431. The molecular formula is C19H21BrN2O3S. The van der Waals surface area contributed by atoms with Crippen LogP contribution in [0.5, 0.6) is 0 Å². The minimum atomic E-state index is -3.42. The first-order valence-electron chi connectivity index (χ1n) is 9.29. The van der Waals surface area contributed by atoms with Gasteiger partial charge in [-0.3, -0.25) is 4.72 Å². The minimum Gasteiger partial charge on any atom is -0.354 e. The number of anilines is 1. The fourth-order valence-corrected chi connectivity index (χ4v) is 6.47. The van der Waals surface area contributed by atoms with Crippen LogP contribution in [0.3, 0.4) is 0 Å². The molecule has 1 heterocycles. The van der Waals surface area contributed by atoms with E-state index < -0.39 is 10.0 Å². The molecule has 7 heteroatoms. The van der Waals surface area contributed by atoms with Gasteiger partial charge >= 0.3 is 0 Å². The summed E-state index contributed by atoms with van der Waals surface area (Å²) < 4.78 is 35.0. The zero-order valence-corrected chi connectivity index (χ0v) is 16.8. The van der Waals surface area contributed by atoms with Crippen molar-refractivity contribution in [2.45, 2.75) is 62.0 Å². The third-order valence-electron chi connectivity index (χ3n) is 6.18. The Morgan fingerprint density at radius 3 is 2.69 bits per heavy atom. The summed E-state index contributed by atoms with van der Waals surface area (Å²) in [6.45, 7) is 0. The van der Waals surface area contributed by atoms with Crippen molar-refractivity contribution in [3.05, 3.63) is 33.8 Å². The maximum Gasteiger partial charge on any atom is 0.236 e. The summed E-state index contributed by atoms with van der Waals surface area (Å²) in [4.78, 5) is 0. The fourth-order valence-electron chi connectivity index (χ4n) is 4.56. The number of halogens is 1. The van der Waals surface area contributed by atoms with Crippen LogP contribution in [0.15, 0.2) is 27.2 Å². The van der Waals surface area contributed by atoms with E-state index in [1.807, 2.05) is 0 Å². The highest BCUT2D eigenvalue weighted by atomic mass is 79.9. The molecule has 0 aliphatic heterocycles. The predicted molar refractivity (Wildman–Crippen MR) is 104 cm³/mol. The van der Waals surface area contributed by atoms with Gasteiger partial charge < -0.3 is 4.52 Å². The van der Waals surface area contributed by atoms with Gasteiger partial charge in [0.05, 0.1) is 5.25 Å². The Balaban J connectivity index is 1.53. The van der Waals surface area contributed by atoms with Crippen molar-refractivity contribution in [1.82, 2.24) is 5.16 Å². The lowest BCUT2D eigenvalue weighted by atomic mass is 9.79. The van der Waals surface area contributed by atoms with E-state index in [0.29, 0.717) is 11.6 Å². The Hall–Kier alpha value is -1.34. The first kappa shape index (κ1) is 16.8. The van der Waals surface area contributed by atoms with Crippen molar-refractivity contribution in [1.29, 1.82) is 0 Å². The molecule has 0 bridgehead atoms. The zero-order chi connectivity index (χ0) is 17.9. The molecule has 5 rings (SSSR count). The molecule has 1 aromatic heterocycles. The Bertz CT molecular complexity index is 973. The van der Waals surface area contributed by atoms with Gasteiger partial charge in [0.25, 0.3) is 0 Å². The Morgan fingerprint density at radius 1 is 1.19 bits per heavy atom. The quantitative estimate of drug-likeness (QED) is 0.751. The third kappa shape index (κ3) is 2.62. The summed E-state index contributed by atoms with van der Waals surface area (Å²) in [5.41, 5.74) is 3.37. The number of sulfonamides is 1. The number of hydrogen-bond donors (Lipinski definition) is 1. The summed E-state index contributed by atoms with van der Waals surface area (Å²) in [7, 11) is -3.42. The molecule has 2 fully saturated rings. The molecule has 3 aliphatic rings. The topological polar surface area (TPSA) is 72.2 Å². The van der Waals surface area contributed by atoms with E-state index in [1.165, 1.54) is 5.56 Å². The molecular weight excluding hydrogens is 416 g/mol. The van der Waals surface area contributed by atoms with Crippen molar-refractivity contribution >= 4 is 31.8 Å². The van der Waals surface area contributed by atoms with Crippen LogP contribution in [-0.2, 0) is 21.9 Å². The molecule has 0 saturated heterocycles. The lowest BCUT2D eigenvalue weighted by Crippen LogP contribution is -2.30. The molecule has 138 valence electrons. The number of benzene rings is 1. The first-order valence-corrected chi connectivity index (χ1v) is 11.6. The normalized spacial score (nSPS) is 21.3. The monoisotopic (exact) mass is 436 g/mol. The van der Waals surface area contributed by atoms with E-state index in [0.717, 1.165) is 67.0 Å². The van der Waals surface area contributed by atoms with E-state index in [9.17, 15) is 8.42 Å². The average molecular weight is 437 g/mol. The SMILES string of the molecule is O=S(=O)(Nc1noc2c1CC1(CC1)c1ccc(Br)cc1-2)C1CCCCC1. The van der Waals surface area contributed by atoms with Crippen LogP contribution in [0.25, 0.3) is 11.3 Å². The molecule has 0 radical (unpaired) electrons. The zero-order valence-electron chi connectivity index (χ0n) is 14.4. The number of rotatable bonds is 3. The Morgan fingerprint density at radius 2 is 1.96 bits per heavy atom. The van der Waals surface area contributed by atoms with E-state index in [4.69, 9.17) is 4.52 Å². The second-order valence-corrected chi connectivity index (χ2v) is 10.8. The molecule has 5 nitrogen and oxygen atoms in total. The van der Waals surface area contributed by atoms with Gasteiger partial charge in [-0.25, -0.2) is 8.42 Å². The van der Waals surface area contributed by atoms with E-state index in [1.54, 1.807) is 0 Å². The molecule has 1 N–H and O–H groups in total. The number of aromatic nitrogens is 1. The van der Waals surface area contributed by atoms with Gasteiger partial charge in [-0.15, -0.1) is 0 Å². The van der Waals surface area contributed by atoms with Crippen LogP contribution >= 0.6 is 15.9 Å². The van der Waals surface area contributed by atoms with Gasteiger partial charge in [0.2, 0.25) is 10.0 Å². The highest BCUT2D eigenvalue weighted by Crippen LogP contribution is 2.58. The van der Waals surface area contributed by atoms with Crippen LogP contribution in [0, 0.1) is 0 Å². The largest absolute Gasteiger partial charge is 0.354 e. The fraction of sp³-hybridized carbons (Fsp3) is 0.526. The summed E-state index contributed by atoms with van der Waals surface area (Å²) in [5.74, 6) is 1.10. The summed E-state index contributed by atoms with van der Waals surface area (Å²) in [6.07, 6.45) is 7.59. The van der Waals surface area contributed by atoms with Gasteiger partial charge in [0.1, 0.15) is 0 Å². The van der Waals surface area contributed by atoms with Crippen LogP contribution in [0.1, 0.15) is 56.1 Å². The second-order valence-electron chi connectivity index (χ2n) is 7.89. The molecule has 2 saturated carbocycles. The van der Waals surface area contributed by atoms with Gasteiger partial charge in [0, 0.05) is 21.0 Å². The Labute approximate surface area is 161 Å². The van der Waals surface area contributed by atoms with Crippen LogP contribution in [-0.4, -0.2) is 18.8 Å². The Kier molecular flexibility index (Phi) is 3.77. The van der Waals surface area contributed by atoms with E-state index >= 15 is 0 Å². The molecule has 2 aromatic rings. The van der Waals surface area contributed by atoms with Crippen molar-refractivity contribution in [3.8, 4) is 11.3 Å². The van der Waals surface area contributed by atoms with Gasteiger partial charge in [-0.2, -0.15) is 0 Å². The van der Waals surface area contributed by atoms with Gasteiger partial charge in [0.15, 0.2) is 11.6 Å². The standard InChI is InChI=1S/C19H21BrN2O3S/c20-12-6-7-16-14(10-12)17-15(11-19(16)8-9-19)18(21-25-17)22-26(23,24)13-4-2-1-3-5-13/h6-7,10,13H,1-5,8-9,11H2,(H,21,22). The van der Waals surface area contributed by atoms with Crippen molar-refractivity contribution in [2.24, 2.45) is 0 Å². The minimum absolute atomic E-state index is 0.125. The third-order valence-corrected chi connectivity index (χ3v) is 8.50. The van der Waals surface area contributed by atoms with Crippen molar-refractivity contribution in [2.75, 3.05) is 4.72 Å². The molecule has 0 unspecified atom stereocenters. The number of nitrogens with one attached hydrogen (secondary N) is 1. The molecule has 1 aromatic carbocycles. The number of hydrogen-bond acceptors (Lipinski definition) is 4. The van der Waals surface area contributed by atoms with Crippen LogP contribution < -0.4 is 4.72 Å². The predicted octanol–water partition coefficient (Wildman–Crippen LogP) is 4.77. The van der Waals surface area contributed by atoms with Crippen LogP contribution in [0.4, 0.5) is 5.82 Å². The maximum atomic E-state index is 12.8. The maximum absolute atomic E-state index is 12.8. The summed E-state index contributed by atoms with van der Waals surface area (Å²) >= 11 is 3.53. The second kappa shape index (κ2) is 5.83. The molecule has 0 amide bonds.